The lowest BCUT2D eigenvalue weighted by atomic mass is 10.2. The molecule has 84 valence electrons. The largest absolute Gasteiger partial charge is 0.463 e. The number of carbonyl (C=O) groups is 1. The molecule has 0 aromatic heterocycles. The van der Waals surface area contributed by atoms with Crippen molar-refractivity contribution in [2.45, 2.75) is 38.6 Å². The van der Waals surface area contributed by atoms with Gasteiger partial charge >= 0.3 is 12.1 Å². The van der Waals surface area contributed by atoms with Gasteiger partial charge in [0.2, 0.25) is 0 Å². The molecule has 0 saturated heterocycles. The number of halogens is 3. The molecular weight excluding hydrogens is 201 g/mol. The molecule has 0 aromatic carbocycles. The van der Waals surface area contributed by atoms with E-state index in [0.29, 0.717) is 0 Å². The molecular formula is C7H13F3N2O2. The van der Waals surface area contributed by atoms with Gasteiger partial charge in [0, 0.05) is 0 Å². The molecule has 0 spiro atoms. The Kier molecular flexibility index (Phi) is 4.86. The number of nitrogens with one attached hydrogen (secondary N) is 1. The van der Waals surface area contributed by atoms with Crippen LogP contribution in [0.4, 0.5) is 13.2 Å². The number of alkyl halides is 3. The van der Waals surface area contributed by atoms with Gasteiger partial charge in [-0.2, -0.15) is 13.2 Å². The number of nitrogens with two attached hydrogens (primary N) is 1. The van der Waals surface area contributed by atoms with Crippen LogP contribution in [0.3, 0.4) is 0 Å². The zero-order valence-electron chi connectivity index (χ0n) is 7.89. The van der Waals surface area contributed by atoms with Gasteiger partial charge in [-0.05, 0) is 13.8 Å². The van der Waals surface area contributed by atoms with Crippen molar-refractivity contribution < 1.29 is 22.7 Å². The summed E-state index contributed by atoms with van der Waals surface area (Å²) in [4.78, 5) is 10.9. The lowest BCUT2D eigenvalue weighted by molar-refractivity contribution is -0.171. The van der Waals surface area contributed by atoms with E-state index in [1.54, 1.807) is 13.8 Å². The second kappa shape index (κ2) is 5.16. The first kappa shape index (κ1) is 13.2. The van der Waals surface area contributed by atoms with Crippen LogP contribution in [0, 0.1) is 0 Å². The van der Waals surface area contributed by atoms with Crippen LogP contribution < -0.4 is 11.3 Å². The minimum Gasteiger partial charge on any atom is -0.463 e. The van der Waals surface area contributed by atoms with Crippen molar-refractivity contribution >= 4 is 5.97 Å². The zero-order valence-corrected chi connectivity index (χ0v) is 7.89. The molecule has 0 aromatic rings. The van der Waals surface area contributed by atoms with Crippen molar-refractivity contribution in [2.75, 3.05) is 0 Å². The molecule has 1 atom stereocenters. The molecule has 14 heavy (non-hydrogen) atoms. The Morgan fingerprint density at radius 2 is 2.00 bits per heavy atom. The highest BCUT2D eigenvalue weighted by molar-refractivity contribution is 5.70. The van der Waals surface area contributed by atoms with Crippen LogP contribution >= 0.6 is 0 Å². The molecule has 0 bridgehead atoms. The molecule has 0 amide bonds. The Labute approximate surface area is 79.6 Å². The number of carbonyl (C=O) groups excluding carboxylic acids is 1. The zero-order chi connectivity index (χ0) is 11.4. The summed E-state index contributed by atoms with van der Waals surface area (Å²) >= 11 is 0. The normalized spacial score (nSPS) is 14.2. The summed E-state index contributed by atoms with van der Waals surface area (Å²) in [6.07, 6.45) is -5.81. The first-order valence-electron chi connectivity index (χ1n) is 3.99. The Bertz CT molecular complexity index is 194. The van der Waals surface area contributed by atoms with Gasteiger partial charge in [0.25, 0.3) is 0 Å². The van der Waals surface area contributed by atoms with Gasteiger partial charge in [-0.1, -0.05) is 0 Å². The Balaban J connectivity index is 4.13. The van der Waals surface area contributed by atoms with Crippen LogP contribution in [0.5, 0.6) is 0 Å². The SMILES string of the molecule is CC(C)OC(=O)CC(NN)C(F)(F)F. The van der Waals surface area contributed by atoms with Gasteiger partial charge in [0.1, 0.15) is 6.04 Å². The van der Waals surface area contributed by atoms with E-state index >= 15 is 0 Å². The summed E-state index contributed by atoms with van der Waals surface area (Å²) in [5.41, 5.74) is 1.52. The van der Waals surface area contributed by atoms with Crippen molar-refractivity contribution in [2.24, 2.45) is 5.84 Å². The maximum atomic E-state index is 12.1. The third-order valence-corrected chi connectivity index (χ3v) is 1.33. The van der Waals surface area contributed by atoms with Crippen LogP contribution in [-0.4, -0.2) is 24.3 Å². The third kappa shape index (κ3) is 5.03. The van der Waals surface area contributed by atoms with E-state index < -0.39 is 30.7 Å². The smallest absolute Gasteiger partial charge is 0.405 e. The highest BCUT2D eigenvalue weighted by Gasteiger charge is 2.40. The minimum atomic E-state index is -4.55. The Hall–Kier alpha value is -0.820. The summed E-state index contributed by atoms with van der Waals surface area (Å²) in [7, 11) is 0. The molecule has 7 heteroatoms. The minimum absolute atomic E-state index is 0.436. The molecule has 0 rings (SSSR count). The second-order valence-corrected chi connectivity index (χ2v) is 3.00. The lowest BCUT2D eigenvalue weighted by Crippen LogP contribution is -2.47. The highest BCUT2D eigenvalue weighted by atomic mass is 19.4. The molecule has 0 aliphatic carbocycles. The van der Waals surface area contributed by atoms with Crippen LogP contribution in [-0.2, 0) is 9.53 Å². The summed E-state index contributed by atoms with van der Waals surface area (Å²) in [6.45, 7) is 3.10. The van der Waals surface area contributed by atoms with Crippen LogP contribution in [0.15, 0.2) is 0 Å². The van der Waals surface area contributed by atoms with E-state index in [-0.39, 0.29) is 0 Å². The maximum Gasteiger partial charge on any atom is 0.405 e. The number of hydrogen-bond donors (Lipinski definition) is 2. The van der Waals surface area contributed by atoms with E-state index in [0.717, 1.165) is 0 Å². The monoisotopic (exact) mass is 214 g/mol. The van der Waals surface area contributed by atoms with Gasteiger partial charge in [0.05, 0.1) is 12.5 Å². The average molecular weight is 214 g/mol. The fraction of sp³-hybridized carbons (Fsp3) is 0.857. The van der Waals surface area contributed by atoms with Crippen molar-refractivity contribution in [1.82, 2.24) is 5.43 Å². The predicted molar refractivity (Wildman–Crippen MR) is 43.0 cm³/mol. The number of esters is 1. The molecule has 0 aliphatic heterocycles. The van der Waals surface area contributed by atoms with E-state index in [9.17, 15) is 18.0 Å². The second-order valence-electron chi connectivity index (χ2n) is 3.00. The summed E-state index contributed by atoms with van der Waals surface area (Å²) < 4.78 is 40.7. The van der Waals surface area contributed by atoms with Gasteiger partial charge in [0.15, 0.2) is 0 Å². The van der Waals surface area contributed by atoms with Crippen LogP contribution in [0.2, 0.25) is 0 Å². The first-order chi connectivity index (χ1) is 6.27. The molecule has 4 nitrogen and oxygen atoms in total. The predicted octanol–water partition coefficient (Wildman–Crippen LogP) is 0.722. The van der Waals surface area contributed by atoms with E-state index in [4.69, 9.17) is 0 Å². The summed E-state index contributed by atoms with van der Waals surface area (Å²) in [5.74, 6) is 3.73. The molecule has 3 N–H and O–H groups in total. The highest BCUT2D eigenvalue weighted by Crippen LogP contribution is 2.22. The van der Waals surface area contributed by atoms with E-state index in [1.165, 1.54) is 5.43 Å². The molecule has 0 radical (unpaired) electrons. The van der Waals surface area contributed by atoms with Gasteiger partial charge in [-0.25, -0.2) is 5.43 Å². The van der Waals surface area contributed by atoms with Gasteiger partial charge < -0.3 is 4.74 Å². The fourth-order valence-electron chi connectivity index (χ4n) is 0.747. The number of rotatable bonds is 4. The number of ether oxygens (including phenoxy) is 1. The van der Waals surface area contributed by atoms with Crippen molar-refractivity contribution in [3.8, 4) is 0 Å². The molecule has 0 fully saturated rings. The van der Waals surface area contributed by atoms with Crippen molar-refractivity contribution in [1.29, 1.82) is 0 Å². The average Bonchev–Trinajstić information content (AvgIpc) is 1.96. The standard InChI is InChI=1S/C7H13F3N2O2/c1-4(2)14-6(13)3-5(12-11)7(8,9)10/h4-5,12H,3,11H2,1-2H3. The van der Waals surface area contributed by atoms with Crippen molar-refractivity contribution in [3.05, 3.63) is 0 Å². The lowest BCUT2D eigenvalue weighted by Gasteiger charge is -2.18. The topological polar surface area (TPSA) is 64.3 Å². The Morgan fingerprint density at radius 1 is 1.50 bits per heavy atom. The van der Waals surface area contributed by atoms with Gasteiger partial charge in [-0.15, -0.1) is 0 Å². The van der Waals surface area contributed by atoms with Crippen molar-refractivity contribution in [3.63, 3.8) is 0 Å². The van der Waals surface area contributed by atoms with Gasteiger partial charge in [-0.3, -0.25) is 10.6 Å². The van der Waals surface area contributed by atoms with Crippen LogP contribution in [0.1, 0.15) is 20.3 Å². The molecule has 0 aliphatic rings. The number of hydrogen-bond acceptors (Lipinski definition) is 4. The molecule has 0 heterocycles. The van der Waals surface area contributed by atoms with Crippen LogP contribution in [0.25, 0.3) is 0 Å². The van der Waals surface area contributed by atoms with E-state index in [2.05, 4.69) is 10.6 Å². The first-order valence-corrected chi connectivity index (χ1v) is 3.99. The molecule has 0 saturated carbocycles. The van der Waals surface area contributed by atoms with E-state index in [1.807, 2.05) is 0 Å². The third-order valence-electron chi connectivity index (χ3n) is 1.33. The summed E-state index contributed by atoms with van der Waals surface area (Å²) in [5, 5.41) is 0. The molecule has 1 unspecified atom stereocenters. The fourth-order valence-corrected chi connectivity index (χ4v) is 0.747. The quantitative estimate of drug-likeness (QED) is 0.411. The maximum absolute atomic E-state index is 12.1. The Morgan fingerprint density at radius 3 is 2.29 bits per heavy atom. The number of hydrazine groups is 1. The summed E-state index contributed by atoms with van der Waals surface area (Å²) in [6, 6.07) is -2.06.